The molecule has 1 heterocycles. The number of aliphatic hydroxyl groups excluding tert-OH is 1. The Morgan fingerprint density at radius 2 is 1.82 bits per heavy atom. The highest BCUT2D eigenvalue weighted by atomic mass is 19.4. The first-order chi connectivity index (χ1) is 10.3. The molecule has 3 nitrogen and oxygen atoms in total. The molecule has 1 N–H and O–H groups in total. The third-order valence-electron chi connectivity index (χ3n) is 3.79. The zero-order valence-corrected chi connectivity index (χ0v) is 12.6. The Labute approximate surface area is 128 Å². The molecule has 1 aromatic carbocycles. The first-order valence-corrected chi connectivity index (χ1v) is 7.52. The lowest BCUT2D eigenvalue weighted by molar-refractivity contribution is -0.155. The third kappa shape index (κ3) is 5.85. The molecule has 1 aliphatic rings. The van der Waals surface area contributed by atoms with Crippen LogP contribution < -0.4 is 4.74 Å². The molecule has 2 rings (SSSR count). The SMILES string of the molecule is Cc1ccc(OC2CCN(C[C@H](O)CC(F)(F)F)CC2)cc1. The molecule has 0 unspecified atom stereocenters. The molecule has 1 aromatic rings. The van der Waals surface area contributed by atoms with Crippen molar-refractivity contribution in [1.82, 2.24) is 4.90 Å². The minimum absolute atomic E-state index is 0.0662. The van der Waals surface area contributed by atoms with Gasteiger partial charge in [-0.15, -0.1) is 0 Å². The third-order valence-corrected chi connectivity index (χ3v) is 3.79. The quantitative estimate of drug-likeness (QED) is 0.905. The van der Waals surface area contributed by atoms with Crippen molar-refractivity contribution in [3.8, 4) is 5.75 Å². The van der Waals surface area contributed by atoms with Crippen LogP contribution in [0.5, 0.6) is 5.75 Å². The molecule has 0 aliphatic carbocycles. The number of hydrogen-bond donors (Lipinski definition) is 1. The molecule has 1 fully saturated rings. The van der Waals surface area contributed by atoms with Crippen LogP contribution in [0.4, 0.5) is 13.2 Å². The number of aliphatic hydroxyl groups is 1. The summed E-state index contributed by atoms with van der Waals surface area (Å²) in [4.78, 5) is 1.87. The van der Waals surface area contributed by atoms with Gasteiger partial charge in [-0.05, 0) is 31.9 Å². The Kier molecular flexibility index (Phi) is 5.69. The first-order valence-electron chi connectivity index (χ1n) is 7.52. The number of alkyl halides is 3. The van der Waals surface area contributed by atoms with Crippen LogP contribution in [0.2, 0.25) is 0 Å². The van der Waals surface area contributed by atoms with Crippen LogP contribution >= 0.6 is 0 Å². The second-order valence-electron chi connectivity index (χ2n) is 5.90. The van der Waals surface area contributed by atoms with E-state index in [0.29, 0.717) is 13.1 Å². The van der Waals surface area contributed by atoms with Crippen molar-refractivity contribution in [2.24, 2.45) is 0 Å². The van der Waals surface area contributed by atoms with Crippen LogP contribution in [-0.2, 0) is 0 Å². The van der Waals surface area contributed by atoms with Gasteiger partial charge in [-0.25, -0.2) is 0 Å². The Morgan fingerprint density at radius 1 is 1.23 bits per heavy atom. The van der Waals surface area contributed by atoms with E-state index >= 15 is 0 Å². The maximum absolute atomic E-state index is 12.2. The van der Waals surface area contributed by atoms with Crippen LogP contribution in [0.1, 0.15) is 24.8 Å². The van der Waals surface area contributed by atoms with Crippen molar-refractivity contribution in [2.45, 2.75) is 44.6 Å². The fourth-order valence-corrected chi connectivity index (χ4v) is 2.65. The van der Waals surface area contributed by atoms with Gasteiger partial charge in [-0.1, -0.05) is 17.7 Å². The van der Waals surface area contributed by atoms with Crippen LogP contribution in [0.3, 0.4) is 0 Å². The molecule has 1 aliphatic heterocycles. The topological polar surface area (TPSA) is 32.7 Å². The predicted molar refractivity (Wildman–Crippen MR) is 77.9 cm³/mol. The molecule has 124 valence electrons. The van der Waals surface area contributed by atoms with Gasteiger partial charge >= 0.3 is 6.18 Å². The van der Waals surface area contributed by atoms with Crippen molar-refractivity contribution >= 4 is 0 Å². The molecule has 0 radical (unpaired) electrons. The van der Waals surface area contributed by atoms with Crippen LogP contribution in [0, 0.1) is 6.92 Å². The Bertz CT molecular complexity index is 453. The number of halogens is 3. The molecule has 0 spiro atoms. The summed E-state index contributed by atoms with van der Waals surface area (Å²) in [6.45, 7) is 3.36. The number of aryl methyl sites for hydroxylation is 1. The van der Waals surface area contributed by atoms with E-state index in [0.717, 1.165) is 18.6 Å². The highest BCUT2D eigenvalue weighted by Gasteiger charge is 2.32. The summed E-state index contributed by atoms with van der Waals surface area (Å²) in [5, 5.41) is 9.47. The summed E-state index contributed by atoms with van der Waals surface area (Å²) in [6, 6.07) is 7.82. The molecular weight excluding hydrogens is 295 g/mol. The van der Waals surface area contributed by atoms with Gasteiger partial charge in [-0.2, -0.15) is 13.2 Å². The summed E-state index contributed by atoms with van der Waals surface area (Å²) >= 11 is 0. The van der Waals surface area contributed by atoms with E-state index in [2.05, 4.69) is 0 Å². The summed E-state index contributed by atoms with van der Waals surface area (Å²) in [5.41, 5.74) is 1.17. The van der Waals surface area contributed by atoms with Gasteiger partial charge in [-0.3, -0.25) is 0 Å². The van der Waals surface area contributed by atoms with E-state index in [4.69, 9.17) is 4.74 Å². The smallest absolute Gasteiger partial charge is 0.391 e. The first kappa shape index (κ1) is 17.1. The average Bonchev–Trinajstić information content (AvgIpc) is 2.41. The van der Waals surface area contributed by atoms with Crippen molar-refractivity contribution in [3.63, 3.8) is 0 Å². The number of nitrogens with zero attached hydrogens (tertiary/aromatic N) is 1. The minimum atomic E-state index is -4.31. The standard InChI is InChI=1S/C16H22F3NO2/c1-12-2-4-14(5-3-12)22-15-6-8-20(9-7-15)11-13(21)10-16(17,18)19/h2-5,13,15,21H,6-11H2,1H3/t13-/m1/s1. The van der Waals surface area contributed by atoms with Crippen molar-refractivity contribution in [2.75, 3.05) is 19.6 Å². The number of hydrogen-bond acceptors (Lipinski definition) is 3. The molecule has 6 heteroatoms. The number of ether oxygens (including phenoxy) is 1. The van der Waals surface area contributed by atoms with E-state index in [-0.39, 0.29) is 12.6 Å². The molecule has 0 bridgehead atoms. The molecule has 0 aromatic heterocycles. The highest BCUT2D eigenvalue weighted by molar-refractivity contribution is 5.26. The number of rotatable bonds is 5. The normalized spacial score (nSPS) is 19.1. The molecule has 1 saturated heterocycles. The number of β-amino-alcohol motifs (C(OH)–C–C–N with tert-alkyl or cyclic N) is 1. The van der Waals surface area contributed by atoms with E-state index in [9.17, 15) is 18.3 Å². The van der Waals surface area contributed by atoms with Crippen LogP contribution in [-0.4, -0.2) is 48.0 Å². The lowest BCUT2D eigenvalue weighted by Gasteiger charge is -2.33. The lowest BCUT2D eigenvalue weighted by Crippen LogP contribution is -2.42. The Hall–Kier alpha value is -1.27. The van der Waals surface area contributed by atoms with E-state index < -0.39 is 18.7 Å². The van der Waals surface area contributed by atoms with E-state index in [1.54, 1.807) is 0 Å². The number of likely N-dealkylation sites (tertiary alicyclic amines) is 1. The molecule has 0 saturated carbocycles. The summed E-state index contributed by atoms with van der Waals surface area (Å²) in [5.74, 6) is 0.821. The molecule has 0 amide bonds. The summed E-state index contributed by atoms with van der Waals surface area (Å²) in [6.07, 6.45) is -5.22. The summed E-state index contributed by atoms with van der Waals surface area (Å²) in [7, 11) is 0. The number of benzene rings is 1. The van der Waals surface area contributed by atoms with Crippen molar-refractivity contribution in [3.05, 3.63) is 29.8 Å². The summed E-state index contributed by atoms with van der Waals surface area (Å²) < 4.78 is 42.5. The van der Waals surface area contributed by atoms with Gasteiger partial charge in [0.1, 0.15) is 11.9 Å². The second kappa shape index (κ2) is 7.33. The fraction of sp³-hybridized carbons (Fsp3) is 0.625. The van der Waals surface area contributed by atoms with Crippen LogP contribution in [0.15, 0.2) is 24.3 Å². The van der Waals surface area contributed by atoms with Crippen molar-refractivity contribution in [1.29, 1.82) is 0 Å². The Morgan fingerprint density at radius 3 is 2.36 bits per heavy atom. The Balaban J connectivity index is 1.72. The maximum Gasteiger partial charge on any atom is 0.391 e. The van der Waals surface area contributed by atoms with Gasteiger partial charge in [0.15, 0.2) is 0 Å². The van der Waals surface area contributed by atoms with Gasteiger partial charge in [0.25, 0.3) is 0 Å². The monoisotopic (exact) mass is 317 g/mol. The van der Waals surface area contributed by atoms with E-state index in [1.165, 1.54) is 5.56 Å². The van der Waals surface area contributed by atoms with Gasteiger partial charge < -0.3 is 14.7 Å². The largest absolute Gasteiger partial charge is 0.490 e. The molecule has 1 atom stereocenters. The van der Waals surface area contributed by atoms with E-state index in [1.807, 2.05) is 36.1 Å². The van der Waals surface area contributed by atoms with Crippen molar-refractivity contribution < 1.29 is 23.0 Å². The maximum atomic E-state index is 12.2. The lowest BCUT2D eigenvalue weighted by atomic mass is 10.1. The van der Waals surface area contributed by atoms with Gasteiger partial charge in [0.05, 0.1) is 12.5 Å². The number of piperidine rings is 1. The fourth-order valence-electron chi connectivity index (χ4n) is 2.65. The average molecular weight is 317 g/mol. The zero-order valence-electron chi connectivity index (χ0n) is 12.6. The molecule has 22 heavy (non-hydrogen) atoms. The minimum Gasteiger partial charge on any atom is -0.490 e. The second-order valence-corrected chi connectivity index (χ2v) is 5.90. The highest BCUT2D eigenvalue weighted by Crippen LogP contribution is 2.23. The van der Waals surface area contributed by atoms with Gasteiger partial charge in [0, 0.05) is 19.6 Å². The zero-order chi connectivity index (χ0) is 16.2. The molecular formula is C16H22F3NO2. The van der Waals surface area contributed by atoms with Crippen LogP contribution in [0.25, 0.3) is 0 Å². The predicted octanol–water partition coefficient (Wildman–Crippen LogP) is 3.15. The van der Waals surface area contributed by atoms with Gasteiger partial charge in [0.2, 0.25) is 0 Å².